The fourth-order valence-corrected chi connectivity index (χ4v) is 0.412. The lowest BCUT2D eigenvalue weighted by Crippen LogP contribution is -2.16. The lowest BCUT2D eigenvalue weighted by atomic mass is 10.4. The Morgan fingerprint density at radius 3 is 1.67 bits per heavy atom. The Morgan fingerprint density at radius 2 is 1.42 bits per heavy atom. The smallest absolute Gasteiger partial charge is 0.302 e. The van der Waals surface area contributed by atoms with Gasteiger partial charge in [-0.05, 0) is 0 Å². The number of aliphatic hydroxyl groups excluding tert-OH is 1. The Balaban J connectivity index is 3.39. The SMILES string of the molecule is CC(=O)OC[C](O)COC(C)=O. The number of carbonyl (C=O) groups is 2. The number of rotatable bonds is 4. The van der Waals surface area contributed by atoms with Gasteiger partial charge in [-0.3, -0.25) is 9.59 Å². The van der Waals surface area contributed by atoms with Crippen LogP contribution in [0.4, 0.5) is 0 Å². The molecule has 1 N–H and O–H groups in total. The zero-order valence-electron chi connectivity index (χ0n) is 6.99. The van der Waals surface area contributed by atoms with E-state index >= 15 is 0 Å². The lowest BCUT2D eigenvalue weighted by molar-refractivity contribution is -0.144. The third kappa shape index (κ3) is 7.01. The van der Waals surface area contributed by atoms with Gasteiger partial charge in [0.1, 0.15) is 13.2 Å². The average molecular weight is 175 g/mol. The van der Waals surface area contributed by atoms with Gasteiger partial charge in [0.15, 0.2) is 6.10 Å². The van der Waals surface area contributed by atoms with Gasteiger partial charge in [-0.1, -0.05) is 0 Å². The first-order chi connectivity index (χ1) is 5.52. The molecule has 0 aliphatic carbocycles. The summed E-state index contributed by atoms with van der Waals surface area (Å²) in [6.45, 7) is 1.98. The first-order valence-corrected chi connectivity index (χ1v) is 3.32. The Morgan fingerprint density at radius 1 is 1.08 bits per heavy atom. The van der Waals surface area contributed by atoms with E-state index in [-0.39, 0.29) is 19.3 Å². The van der Waals surface area contributed by atoms with Crippen LogP contribution in [0.15, 0.2) is 0 Å². The molecular formula is C7H11O5. The molecule has 69 valence electrons. The topological polar surface area (TPSA) is 72.8 Å². The van der Waals surface area contributed by atoms with Crippen LogP contribution in [0.5, 0.6) is 0 Å². The molecule has 0 atom stereocenters. The van der Waals surface area contributed by atoms with E-state index < -0.39 is 11.9 Å². The van der Waals surface area contributed by atoms with Gasteiger partial charge in [-0.25, -0.2) is 0 Å². The molecule has 0 spiro atoms. The molecule has 0 fully saturated rings. The van der Waals surface area contributed by atoms with E-state index in [1.807, 2.05) is 0 Å². The van der Waals surface area contributed by atoms with Crippen LogP contribution in [0.3, 0.4) is 0 Å². The zero-order chi connectivity index (χ0) is 9.56. The Labute approximate surface area is 70.3 Å². The van der Waals surface area contributed by atoms with Gasteiger partial charge < -0.3 is 14.6 Å². The summed E-state index contributed by atoms with van der Waals surface area (Å²) in [6.07, 6.45) is -0.194. The molecule has 0 saturated carbocycles. The van der Waals surface area contributed by atoms with Crippen molar-refractivity contribution >= 4 is 11.9 Å². The molecule has 0 rings (SSSR count). The van der Waals surface area contributed by atoms with Crippen molar-refractivity contribution in [3.05, 3.63) is 6.10 Å². The van der Waals surface area contributed by atoms with Crippen molar-refractivity contribution in [2.75, 3.05) is 13.2 Å². The predicted molar refractivity (Wildman–Crippen MR) is 38.4 cm³/mol. The van der Waals surface area contributed by atoms with Crippen LogP contribution in [-0.2, 0) is 19.1 Å². The molecule has 0 aliphatic heterocycles. The highest BCUT2D eigenvalue weighted by Crippen LogP contribution is 1.96. The van der Waals surface area contributed by atoms with Gasteiger partial charge in [0.2, 0.25) is 0 Å². The summed E-state index contributed by atoms with van der Waals surface area (Å²) < 4.78 is 8.84. The van der Waals surface area contributed by atoms with Crippen LogP contribution in [0.2, 0.25) is 0 Å². The van der Waals surface area contributed by atoms with Crippen molar-refractivity contribution in [2.45, 2.75) is 13.8 Å². The van der Waals surface area contributed by atoms with Crippen LogP contribution in [0.1, 0.15) is 13.8 Å². The minimum atomic E-state index is -0.496. The van der Waals surface area contributed by atoms with Gasteiger partial charge >= 0.3 is 11.9 Å². The molecule has 1 radical (unpaired) electrons. The Bertz CT molecular complexity index is 147. The van der Waals surface area contributed by atoms with Crippen LogP contribution in [0.25, 0.3) is 0 Å². The second kappa shape index (κ2) is 5.54. The van der Waals surface area contributed by atoms with Crippen molar-refractivity contribution in [3.8, 4) is 0 Å². The van der Waals surface area contributed by atoms with Crippen molar-refractivity contribution in [3.63, 3.8) is 0 Å². The van der Waals surface area contributed by atoms with E-state index in [0.29, 0.717) is 0 Å². The molecule has 5 nitrogen and oxygen atoms in total. The summed E-state index contributed by atoms with van der Waals surface area (Å²) in [5.74, 6) is -0.992. The molecule has 12 heavy (non-hydrogen) atoms. The number of carbonyl (C=O) groups excluding carboxylic acids is 2. The van der Waals surface area contributed by atoms with E-state index in [2.05, 4.69) is 9.47 Å². The molecule has 0 amide bonds. The normalized spacial score (nSPS) is 9.67. The van der Waals surface area contributed by atoms with Gasteiger partial charge in [0.25, 0.3) is 0 Å². The van der Waals surface area contributed by atoms with Crippen molar-refractivity contribution in [2.24, 2.45) is 0 Å². The third-order valence-corrected chi connectivity index (χ3v) is 0.884. The summed E-state index contributed by atoms with van der Waals surface area (Å²) in [6, 6.07) is 0. The van der Waals surface area contributed by atoms with E-state index in [9.17, 15) is 9.59 Å². The standard InChI is InChI=1S/C7H11O5/c1-5(8)11-3-7(10)4-12-6(2)9/h10H,3-4H2,1-2H3. The largest absolute Gasteiger partial charge is 0.463 e. The molecule has 0 saturated heterocycles. The molecule has 0 aromatic rings. The fraction of sp³-hybridized carbons (Fsp3) is 0.571. The maximum Gasteiger partial charge on any atom is 0.302 e. The lowest BCUT2D eigenvalue weighted by Gasteiger charge is -2.08. The van der Waals surface area contributed by atoms with Crippen molar-refractivity contribution in [1.29, 1.82) is 0 Å². The Kier molecular flexibility index (Phi) is 5.03. The van der Waals surface area contributed by atoms with Crippen LogP contribution >= 0.6 is 0 Å². The molecule has 5 heteroatoms. The quantitative estimate of drug-likeness (QED) is 0.609. The first-order valence-electron chi connectivity index (χ1n) is 3.32. The number of hydrogen-bond acceptors (Lipinski definition) is 5. The number of aliphatic hydroxyl groups is 1. The first kappa shape index (κ1) is 10.9. The molecule has 0 unspecified atom stereocenters. The molecule has 0 aliphatic rings. The highest BCUT2D eigenvalue weighted by atomic mass is 16.6. The summed E-state index contributed by atoms with van der Waals surface area (Å²) in [5.41, 5.74) is 0. The van der Waals surface area contributed by atoms with Crippen molar-refractivity contribution < 1.29 is 24.2 Å². The minimum absolute atomic E-state index is 0.194. The summed E-state index contributed by atoms with van der Waals surface area (Å²) >= 11 is 0. The maximum absolute atomic E-state index is 10.2. The highest BCUT2D eigenvalue weighted by molar-refractivity contribution is 5.66. The maximum atomic E-state index is 10.2. The molecule has 0 aromatic heterocycles. The molecular weight excluding hydrogens is 164 g/mol. The van der Waals surface area contributed by atoms with Gasteiger partial charge in [-0.2, -0.15) is 0 Å². The number of ether oxygens (including phenoxy) is 2. The summed E-state index contributed by atoms with van der Waals surface area (Å²) in [7, 11) is 0. The highest BCUT2D eigenvalue weighted by Gasteiger charge is 2.08. The monoisotopic (exact) mass is 175 g/mol. The van der Waals surface area contributed by atoms with Crippen LogP contribution in [0, 0.1) is 6.10 Å². The number of esters is 2. The fourth-order valence-electron chi connectivity index (χ4n) is 0.412. The second-order valence-electron chi connectivity index (χ2n) is 2.13. The van der Waals surface area contributed by atoms with E-state index in [1.165, 1.54) is 13.8 Å². The minimum Gasteiger partial charge on any atom is -0.463 e. The van der Waals surface area contributed by atoms with Gasteiger partial charge in [0, 0.05) is 13.8 Å². The summed E-state index contributed by atoms with van der Waals surface area (Å²) in [4.78, 5) is 20.5. The Hall–Kier alpha value is -1.10. The van der Waals surface area contributed by atoms with Gasteiger partial charge in [-0.15, -0.1) is 0 Å². The van der Waals surface area contributed by atoms with E-state index in [4.69, 9.17) is 5.11 Å². The van der Waals surface area contributed by atoms with E-state index in [1.54, 1.807) is 0 Å². The zero-order valence-corrected chi connectivity index (χ0v) is 6.99. The third-order valence-electron chi connectivity index (χ3n) is 0.884. The molecule has 0 aromatic carbocycles. The van der Waals surface area contributed by atoms with Crippen LogP contribution in [-0.4, -0.2) is 30.3 Å². The van der Waals surface area contributed by atoms with Crippen LogP contribution < -0.4 is 0 Å². The molecule has 0 heterocycles. The second-order valence-corrected chi connectivity index (χ2v) is 2.13. The van der Waals surface area contributed by atoms with Crippen molar-refractivity contribution in [1.82, 2.24) is 0 Å². The van der Waals surface area contributed by atoms with E-state index in [0.717, 1.165) is 0 Å². The predicted octanol–water partition coefficient (Wildman–Crippen LogP) is 0.0171. The molecule has 0 bridgehead atoms. The number of hydrogen-bond donors (Lipinski definition) is 1. The summed E-state index contributed by atoms with van der Waals surface area (Å²) in [5, 5.41) is 8.91. The average Bonchev–Trinajstić information content (AvgIpc) is 1.96. The van der Waals surface area contributed by atoms with Gasteiger partial charge in [0.05, 0.1) is 0 Å².